The molecule has 0 bridgehead atoms. The van der Waals surface area contributed by atoms with E-state index in [0.29, 0.717) is 0 Å². The van der Waals surface area contributed by atoms with E-state index in [1.165, 1.54) is 24.3 Å². The third-order valence-electron chi connectivity index (χ3n) is 6.29. The lowest BCUT2D eigenvalue weighted by Crippen LogP contribution is -2.52. The van der Waals surface area contributed by atoms with Crippen LogP contribution in [0, 0.1) is 12.3 Å². The van der Waals surface area contributed by atoms with Crippen LogP contribution in [0.5, 0.6) is 0 Å². The molecule has 1 unspecified atom stereocenters. The average molecular weight is 726 g/mol. The third-order valence-corrected chi connectivity index (χ3v) is 8.59. The summed E-state index contributed by atoms with van der Waals surface area (Å²) in [5.41, 5.74) is 1.92. The van der Waals surface area contributed by atoms with Gasteiger partial charge in [0.25, 0.3) is 0 Å². The second kappa shape index (κ2) is 15.5. The quantitative estimate of drug-likeness (QED) is 0.0693. The first-order valence-electron chi connectivity index (χ1n) is 13.7. The van der Waals surface area contributed by atoms with Crippen molar-refractivity contribution >= 4 is 60.8 Å². The van der Waals surface area contributed by atoms with Crippen LogP contribution in [-0.4, -0.2) is 100 Å². The SMILES string of the molecule is C#C[C@@]12OC(SOC)O[C@@H]1[C@@](CCl)(COP(=O)(OCOC(=O)OC(C)C)OCOC(=O)OC(C)C)O[C@H]2n1cnc2c(N)ncnc21. The number of carbonyl (C=O) groups is 2. The molecule has 0 aliphatic carbocycles. The van der Waals surface area contributed by atoms with E-state index in [1.54, 1.807) is 27.7 Å². The average Bonchev–Trinajstić information content (AvgIpc) is 3.67. The van der Waals surface area contributed by atoms with E-state index < -0.39 is 81.7 Å². The summed E-state index contributed by atoms with van der Waals surface area (Å²) < 4.78 is 74.2. The zero-order valence-corrected chi connectivity index (χ0v) is 28.2. The number of fused-ring (bicyclic) bond motifs is 2. The normalized spacial score (nSPS) is 25.6. The number of ether oxygens (including phenoxy) is 7. The number of anilines is 1. The van der Waals surface area contributed by atoms with Gasteiger partial charge in [-0.15, -0.1) is 18.0 Å². The predicted molar refractivity (Wildman–Crippen MR) is 160 cm³/mol. The zero-order valence-electron chi connectivity index (χ0n) is 25.8. The van der Waals surface area contributed by atoms with E-state index in [9.17, 15) is 14.2 Å². The monoisotopic (exact) mass is 725 g/mol. The van der Waals surface area contributed by atoms with Gasteiger partial charge in [0.15, 0.2) is 17.7 Å². The standard InChI is InChI=1S/C25H33ClN5O14PS/c1-7-25-19(43-23(45-25)47-35-6)24(8-26,44-20(25)31-11-30-16-17(27)28-10-29-18(16)31)9-38-46(34,39-12-36-21(32)41-14(2)3)40-13-37-22(33)42-15(4)5/h1,10-11,14-15,19-20,23H,8-9,12-13H2,2-6H3,(H2,27,28,29)/t19-,20-,23?,24-,25-/m1/s1. The van der Waals surface area contributed by atoms with Gasteiger partial charge in [0.05, 0.1) is 50.2 Å². The Labute approximate surface area is 278 Å². The van der Waals surface area contributed by atoms with E-state index in [4.69, 9.17) is 74.7 Å². The molecule has 2 N–H and O–H groups in total. The van der Waals surface area contributed by atoms with Crippen LogP contribution in [0.25, 0.3) is 11.2 Å². The molecule has 2 fully saturated rings. The van der Waals surface area contributed by atoms with E-state index in [2.05, 4.69) is 20.9 Å². The molecule has 0 aromatic carbocycles. The maximum Gasteiger partial charge on any atom is 0.510 e. The first-order chi connectivity index (χ1) is 22.3. The molecule has 0 spiro atoms. The number of alkyl halides is 1. The highest BCUT2D eigenvalue weighted by Gasteiger charge is 2.71. The Morgan fingerprint density at radius 2 is 1.74 bits per heavy atom. The fourth-order valence-electron chi connectivity index (χ4n) is 4.42. The minimum atomic E-state index is -4.77. The number of imidazole rings is 1. The summed E-state index contributed by atoms with van der Waals surface area (Å²) in [6.07, 6.45) is 2.92. The van der Waals surface area contributed by atoms with Crippen LogP contribution in [0.1, 0.15) is 33.9 Å². The molecular formula is C25H33ClN5O14PS. The largest absolute Gasteiger partial charge is 0.510 e. The van der Waals surface area contributed by atoms with Gasteiger partial charge in [-0.3, -0.25) is 9.09 Å². The fourth-order valence-corrected chi connectivity index (χ4v) is 6.18. The topological polar surface area (TPSA) is 222 Å². The third kappa shape index (κ3) is 8.20. The van der Waals surface area contributed by atoms with Crippen molar-refractivity contribution in [2.45, 2.75) is 69.1 Å². The summed E-state index contributed by atoms with van der Waals surface area (Å²) in [5, 5.41) is 0. The molecule has 2 saturated heterocycles. The highest BCUT2D eigenvalue weighted by Crippen LogP contribution is 2.57. The molecule has 5 atom stereocenters. The predicted octanol–water partition coefficient (Wildman–Crippen LogP) is 3.48. The fraction of sp³-hybridized carbons (Fsp3) is 0.640. The number of hydrogen-bond donors (Lipinski definition) is 1. The lowest BCUT2D eigenvalue weighted by atomic mass is 9.88. The molecule has 2 aromatic heterocycles. The molecule has 0 saturated carbocycles. The summed E-state index contributed by atoms with van der Waals surface area (Å²) in [5.74, 6) is 2.31. The Bertz CT molecular complexity index is 1480. The van der Waals surface area contributed by atoms with E-state index in [0.717, 1.165) is 12.0 Å². The second-order valence-electron chi connectivity index (χ2n) is 10.2. The number of nitrogens with two attached hydrogens (primary N) is 1. The van der Waals surface area contributed by atoms with Gasteiger partial charge >= 0.3 is 20.1 Å². The highest BCUT2D eigenvalue weighted by atomic mass is 35.5. The molecular weight excluding hydrogens is 693 g/mol. The Balaban J connectivity index is 1.62. The van der Waals surface area contributed by atoms with Crippen LogP contribution in [0.4, 0.5) is 15.4 Å². The molecule has 19 nitrogen and oxygen atoms in total. The van der Waals surface area contributed by atoms with Crippen LogP contribution < -0.4 is 5.73 Å². The summed E-state index contributed by atoms with van der Waals surface area (Å²) >= 11 is 7.31. The first-order valence-corrected chi connectivity index (χ1v) is 16.5. The van der Waals surface area contributed by atoms with Gasteiger partial charge in [-0.25, -0.2) is 38.2 Å². The van der Waals surface area contributed by atoms with Crippen LogP contribution in [0.3, 0.4) is 0 Å². The van der Waals surface area contributed by atoms with Crippen molar-refractivity contribution in [2.24, 2.45) is 0 Å². The Hall–Kier alpha value is -2.96. The number of phosphoric ester groups is 1. The summed E-state index contributed by atoms with van der Waals surface area (Å²) in [6, 6.07) is 0. The summed E-state index contributed by atoms with van der Waals surface area (Å²) in [4.78, 5) is 36.2. The molecule has 47 heavy (non-hydrogen) atoms. The van der Waals surface area contributed by atoms with E-state index in [-0.39, 0.29) is 22.9 Å². The Morgan fingerprint density at radius 1 is 1.11 bits per heavy atom. The number of terminal acetylenes is 1. The maximum atomic E-state index is 13.8. The number of phosphoric acid groups is 1. The van der Waals surface area contributed by atoms with Gasteiger partial charge in [-0.1, -0.05) is 5.92 Å². The van der Waals surface area contributed by atoms with Crippen molar-refractivity contribution in [2.75, 3.05) is 38.9 Å². The summed E-state index contributed by atoms with van der Waals surface area (Å²) in [7, 11) is -3.37. The molecule has 0 radical (unpaired) electrons. The number of halogens is 1. The minimum Gasteiger partial charge on any atom is -0.432 e. The van der Waals surface area contributed by atoms with Gasteiger partial charge in [-0.2, -0.15) is 0 Å². The number of rotatable bonds is 15. The molecule has 4 rings (SSSR count). The van der Waals surface area contributed by atoms with Gasteiger partial charge in [0.1, 0.15) is 23.5 Å². The molecule has 2 aliphatic rings. The van der Waals surface area contributed by atoms with Crippen LogP contribution >= 0.6 is 31.5 Å². The van der Waals surface area contributed by atoms with Crippen molar-refractivity contribution in [3.05, 3.63) is 12.7 Å². The van der Waals surface area contributed by atoms with Crippen molar-refractivity contribution in [1.29, 1.82) is 0 Å². The van der Waals surface area contributed by atoms with Crippen LogP contribution in [0.2, 0.25) is 0 Å². The molecule has 4 heterocycles. The van der Waals surface area contributed by atoms with Gasteiger partial charge in [-0.05, 0) is 27.7 Å². The van der Waals surface area contributed by atoms with Crippen LogP contribution in [0.15, 0.2) is 12.7 Å². The van der Waals surface area contributed by atoms with E-state index >= 15 is 0 Å². The highest BCUT2D eigenvalue weighted by molar-refractivity contribution is 7.94. The number of hydrogen-bond acceptors (Lipinski definition) is 19. The molecule has 2 aliphatic heterocycles. The summed E-state index contributed by atoms with van der Waals surface area (Å²) in [6.45, 7) is 3.74. The van der Waals surface area contributed by atoms with Gasteiger partial charge in [0.2, 0.25) is 24.8 Å². The first kappa shape index (κ1) is 36.9. The van der Waals surface area contributed by atoms with Crippen molar-refractivity contribution in [1.82, 2.24) is 19.5 Å². The van der Waals surface area contributed by atoms with Gasteiger partial charge < -0.3 is 43.1 Å². The maximum absolute atomic E-state index is 13.8. The Morgan fingerprint density at radius 3 is 2.30 bits per heavy atom. The molecule has 260 valence electrons. The molecule has 2 aromatic rings. The molecule has 0 amide bonds. The smallest absolute Gasteiger partial charge is 0.432 e. The lowest BCUT2D eigenvalue weighted by Gasteiger charge is -2.32. The number of nitrogens with zero attached hydrogens (tertiary/aromatic N) is 4. The van der Waals surface area contributed by atoms with E-state index in [1.807, 2.05) is 0 Å². The van der Waals surface area contributed by atoms with Crippen molar-refractivity contribution in [3.8, 4) is 12.3 Å². The molecule has 22 heteroatoms. The Kier molecular flexibility index (Phi) is 12.2. The number of nitrogen functional groups attached to an aromatic ring is 1. The van der Waals surface area contributed by atoms with Crippen LogP contribution in [-0.2, 0) is 55.5 Å². The van der Waals surface area contributed by atoms with Gasteiger partial charge in [0, 0.05) is 0 Å². The minimum absolute atomic E-state index is 0.0932. The number of aromatic nitrogens is 4. The lowest BCUT2D eigenvalue weighted by molar-refractivity contribution is -0.169. The second-order valence-corrected chi connectivity index (χ2v) is 13.1. The van der Waals surface area contributed by atoms with Crippen molar-refractivity contribution < 1.29 is 65.1 Å². The number of carbonyl (C=O) groups excluding carboxylic acids is 2. The van der Waals surface area contributed by atoms with Crippen molar-refractivity contribution in [3.63, 3.8) is 0 Å². The zero-order chi connectivity index (χ0) is 34.4.